The molecule has 1 aliphatic heterocycles. The fourth-order valence-electron chi connectivity index (χ4n) is 5.82. The summed E-state index contributed by atoms with van der Waals surface area (Å²) in [5.74, 6) is 0.471. The lowest BCUT2D eigenvalue weighted by Gasteiger charge is -2.55. The Bertz CT molecular complexity index is 778. The second kappa shape index (κ2) is 5.42. The van der Waals surface area contributed by atoms with Crippen molar-refractivity contribution in [3.63, 3.8) is 0 Å². The molecule has 1 saturated carbocycles. The van der Waals surface area contributed by atoms with Crippen LogP contribution in [0.15, 0.2) is 36.5 Å². The molecule has 2 heterocycles. The van der Waals surface area contributed by atoms with E-state index in [4.69, 9.17) is 14.6 Å². The predicted octanol–water partition coefficient (Wildman–Crippen LogP) is 3.44. The van der Waals surface area contributed by atoms with E-state index < -0.39 is 0 Å². The summed E-state index contributed by atoms with van der Waals surface area (Å²) in [5.41, 5.74) is 4.09. The molecule has 1 aromatic heterocycles. The van der Waals surface area contributed by atoms with Crippen molar-refractivity contribution in [2.45, 2.75) is 43.8 Å². The van der Waals surface area contributed by atoms with Crippen molar-refractivity contribution in [1.82, 2.24) is 9.78 Å². The van der Waals surface area contributed by atoms with Crippen LogP contribution in [0.3, 0.4) is 0 Å². The van der Waals surface area contributed by atoms with Crippen molar-refractivity contribution < 1.29 is 9.47 Å². The van der Waals surface area contributed by atoms with Crippen LogP contribution in [0.4, 0.5) is 0 Å². The van der Waals surface area contributed by atoms with Gasteiger partial charge in [-0.2, -0.15) is 5.10 Å². The monoisotopic (exact) mass is 338 g/mol. The van der Waals surface area contributed by atoms with Gasteiger partial charge < -0.3 is 9.47 Å². The Hall–Kier alpha value is -1.65. The van der Waals surface area contributed by atoms with Crippen LogP contribution < -0.4 is 0 Å². The number of fused-ring (bicyclic) bond motifs is 3. The Morgan fingerprint density at radius 3 is 2.64 bits per heavy atom. The molecule has 2 fully saturated rings. The fraction of sp³-hybridized carbons (Fsp3) is 0.571. The second-order valence-electron chi connectivity index (χ2n) is 7.96. The van der Waals surface area contributed by atoms with Crippen molar-refractivity contribution >= 4 is 0 Å². The van der Waals surface area contributed by atoms with Gasteiger partial charge in [0.1, 0.15) is 0 Å². The van der Waals surface area contributed by atoms with Gasteiger partial charge in [0, 0.05) is 31.0 Å². The summed E-state index contributed by atoms with van der Waals surface area (Å²) in [4.78, 5) is 0. The van der Waals surface area contributed by atoms with Gasteiger partial charge in [-0.1, -0.05) is 37.3 Å². The van der Waals surface area contributed by atoms with Gasteiger partial charge in [0.2, 0.25) is 0 Å². The van der Waals surface area contributed by atoms with Gasteiger partial charge in [0.25, 0.3) is 0 Å². The van der Waals surface area contributed by atoms with Crippen LogP contribution in [0, 0.1) is 11.8 Å². The Kier molecular flexibility index (Phi) is 3.38. The van der Waals surface area contributed by atoms with Crippen LogP contribution in [-0.2, 0) is 28.4 Å². The van der Waals surface area contributed by atoms with E-state index in [9.17, 15) is 0 Å². The van der Waals surface area contributed by atoms with E-state index in [0.717, 1.165) is 32.5 Å². The third-order valence-electron chi connectivity index (χ3n) is 6.91. The van der Waals surface area contributed by atoms with E-state index in [1.165, 1.54) is 23.2 Å². The van der Waals surface area contributed by atoms with E-state index in [1.807, 2.05) is 11.7 Å². The molecule has 0 radical (unpaired) electrons. The maximum Gasteiger partial charge on any atom is 0.171 e. The molecule has 3 aliphatic rings. The van der Waals surface area contributed by atoms with Gasteiger partial charge in [0.15, 0.2) is 5.79 Å². The van der Waals surface area contributed by atoms with Gasteiger partial charge in [0.05, 0.1) is 18.9 Å². The van der Waals surface area contributed by atoms with Crippen LogP contribution in [-0.4, -0.2) is 28.8 Å². The fourth-order valence-corrected chi connectivity index (χ4v) is 5.82. The lowest BCUT2D eigenvalue weighted by molar-refractivity contribution is -0.232. The average molecular weight is 338 g/mol. The molecule has 25 heavy (non-hydrogen) atoms. The molecule has 1 saturated heterocycles. The van der Waals surface area contributed by atoms with Crippen molar-refractivity contribution in [2.24, 2.45) is 18.9 Å². The maximum atomic E-state index is 6.17. The summed E-state index contributed by atoms with van der Waals surface area (Å²) in [6.07, 6.45) is 6.46. The molecule has 0 unspecified atom stereocenters. The topological polar surface area (TPSA) is 36.3 Å². The first-order chi connectivity index (χ1) is 12.2. The van der Waals surface area contributed by atoms with E-state index in [0.29, 0.717) is 11.8 Å². The molecule has 4 heteroatoms. The number of aromatic nitrogens is 2. The third kappa shape index (κ3) is 2.04. The van der Waals surface area contributed by atoms with Gasteiger partial charge >= 0.3 is 0 Å². The molecule has 1 aromatic carbocycles. The molecule has 2 aromatic rings. The van der Waals surface area contributed by atoms with Crippen LogP contribution in [0.2, 0.25) is 0 Å². The Balaban J connectivity index is 1.69. The number of hydrogen-bond donors (Lipinski definition) is 0. The molecule has 5 rings (SSSR count). The van der Waals surface area contributed by atoms with Crippen LogP contribution >= 0.6 is 0 Å². The molecule has 132 valence electrons. The molecule has 1 spiro atoms. The molecule has 2 aliphatic carbocycles. The van der Waals surface area contributed by atoms with Gasteiger partial charge in [-0.3, -0.25) is 4.68 Å². The van der Waals surface area contributed by atoms with Crippen molar-refractivity contribution in [1.29, 1.82) is 0 Å². The lowest BCUT2D eigenvalue weighted by Crippen LogP contribution is -2.56. The summed E-state index contributed by atoms with van der Waals surface area (Å²) in [6, 6.07) is 11.0. The highest BCUT2D eigenvalue weighted by Gasteiger charge is 2.60. The zero-order valence-electron chi connectivity index (χ0n) is 15.1. The standard InChI is InChI=1S/C21H26N2O2/c1-15-18-9-8-16-14-23(2)22-19(16)20(18,17-6-4-3-5-7-17)10-11-21(15)24-12-13-25-21/h3-7,14-15,18H,8-13H2,1-2H3/t15-,18-,20+/m0/s1. The number of benzene rings is 1. The maximum absolute atomic E-state index is 6.17. The number of hydrogen-bond acceptors (Lipinski definition) is 3. The molecule has 4 nitrogen and oxygen atoms in total. The Labute approximate surface area is 149 Å². The first kappa shape index (κ1) is 15.6. The van der Waals surface area contributed by atoms with Crippen molar-refractivity contribution in [3.8, 4) is 0 Å². The number of nitrogens with zero attached hydrogens (tertiary/aromatic N) is 2. The minimum absolute atomic E-state index is 0.0178. The summed E-state index contributed by atoms with van der Waals surface area (Å²) < 4.78 is 14.3. The van der Waals surface area contributed by atoms with Gasteiger partial charge in [-0.05, 0) is 36.3 Å². The summed E-state index contributed by atoms with van der Waals surface area (Å²) >= 11 is 0. The highest BCUT2D eigenvalue weighted by atomic mass is 16.7. The highest BCUT2D eigenvalue weighted by molar-refractivity contribution is 5.44. The molecular formula is C21H26N2O2. The quantitative estimate of drug-likeness (QED) is 0.799. The zero-order chi connectivity index (χ0) is 17.1. The Morgan fingerprint density at radius 1 is 1.12 bits per heavy atom. The molecule has 0 N–H and O–H groups in total. The van der Waals surface area contributed by atoms with Crippen molar-refractivity contribution in [2.75, 3.05) is 13.2 Å². The minimum Gasteiger partial charge on any atom is -0.347 e. The van der Waals surface area contributed by atoms with E-state index in [1.54, 1.807) is 0 Å². The van der Waals surface area contributed by atoms with Gasteiger partial charge in [-0.25, -0.2) is 0 Å². The molecular weight excluding hydrogens is 312 g/mol. The lowest BCUT2D eigenvalue weighted by atomic mass is 9.52. The molecule has 0 bridgehead atoms. The third-order valence-corrected chi connectivity index (χ3v) is 6.91. The minimum atomic E-state index is -0.380. The SMILES string of the molecule is C[C@H]1[C@@H]2CCc3cn(C)nc3[C@@]2(c2ccccc2)CCC12OCCO2. The average Bonchev–Trinajstić information content (AvgIpc) is 3.26. The van der Waals surface area contributed by atoms with Crippen LogP contribution in [0.25, 0.3) is 0 Å². The summed E-state index contributed by atoms with van der Waals surface area (Å²) in [6.45, 7) is 3.79. The van der Waals surface area contributed by atoms with E-state index in [2.05, 4.69) is 43.5 Å². The predicted molar refractivity (Wildman–Crippen MR) is 95.3 cm³/mol. The molecule has 3 atom stereocenters. The second-order valence-corrected chi connectivity index (χ2v) is 7.96. The Morgan fingerprint density at radius 2 is 1.88 bits per heavy atom. The van der Waals surface area contributed by atoms with Crippen LogP contribution in [0.5, 0.6) is 0 Å². The zero-order valence-corrected chi connectivity index (χ0v) is 15.1. The number of rotatable bonds is 1. The summed E-state index contributed by atoms with van der Waals surface area (Å²) in [5, 5.41) is 4.97. The van der Waals surface area contributed by atoms with Gasteiger partial charge in [-0.15, -0.1) is 0 Å². The highest BCUT2D eigenvalue weighted by Crippen LogP contribution is 2.59. The number of ether oxygens (including phenoxy) is 2. The van der Waals surface area contributed by atoms with E-state index in [-0.39, 0.29) is 11.2 Å². The van der Waals surface area contributed by atoms with Crippen LogP contribution in [0.1, 0.15) is 43.0 Å². The first-order valence-corrected chi connectivity index (χ1v) is 9.52. The van der Waals surface area contributed by atoms with Crippen molar-refractivity contribution in [3.05, 3.63) is 53.3 Å². The normalized spacial score (nSPS) is 33.2. The smallest absolute Gasteiger partial charge is 0.171 e. The summed E-state index contributed by atoms with van der Waals surface area (Å²) in [7, 11) is 2.04. The van der Waals surface area contributed by atoms with E-state index >= 15 is 0 Å². The largest absolute Gasteiger partial charge is 0.347 e. The first-order valence-electron chi connectivity index (χ1n) is 9.52. The number of aryl methyl sites for hydroxylation is 2. The molecule has 0 amide bonds.